The topological polar surface area (TPSA) is 37.4 Å². The molecule has 2 aliphatic carbocycles. The molecule has 3 nitrogen and oxygen atoms in total. The largest absolute Gasteiger partial charge is 0.243 e. The number of rotatable bonds is 2. The van der Waals surface area contributed by atoms with Gasteiger partial charge in [-0.25, -0.2) is 8.42 Å². The van der Waals surface area contributed by atoms with Gasteiger partial charge in [-0.05, 0) is 49.3 Å². The van der Waals surface area contributed by atoms with Gasteiger partial charge in [0.1, 0.15) is 0 Å². The van der Waals surface area contributed by atoms with Crippen LogP contribution in [0.5, 0.6) is 0 Å². The molecule has 1 saturated heterocycles. The monoisotopic (exact) mass is 303 g/mol. The van der Waals surface area contributed by atoms with E-state index in [2.05, 4.69) is 0 Å². The fourth-order valence-electron chi connectivity index (χ4n) is 3.94. The molecule has 112 valence electrons. The number of hydrogen-bond acceptors (Lipinski definition) is 2. The molecule has 4 rings (SSSR count). The number of nitrogens with zero attached hydrogens (tertiary/aromatic N) is 1. The average Bonchev–Trinajstić information content (AvgIpc) is 3.12. The third kappa shape index (κ3) is 2.16. The molecule has 1 aromatic carbocycles. The van der Waals surface area contributed by atoms with Gasteiger partial charge in [-0.15, -0.1) is 0 Å². The van der Waals surface area contributed by atoms with Crippen molar-refractivity contribution in [1.29, 1.82) is 0 Å². The molecule has 2 saturated carbocycles. The molecule has 3 aliphatic rings. The Morgan fingerprint density at radius 2 is 1.57 bits per heavy atom. The standard InChI is InChI=1S/C17H21NO2S/c1-12-6-8-14(9-7-12)21(19,20)18-10-13(11-18)17-15-4-2-3-5-16(15)17/h6-9,15-16H,2-5,10-11H2,1H3. The first-order chi connectivity index (χ1) is 10.1. The molecule has 1 aromatic rings. The molecule has 3 fully saturated rings. The Balaban J connectivity index is 1.50. The van der Waals surface area contributed by atoms with Crippen molar-refractivity contribution in [2.45, 2.75) is 37.5 Å². The molecular weight excluding hydrogens is 282 g/mol. The van der Waals surface area contributed by atoms with Crippen LogP contribution in [-0.4, -0.2) is 25.8 Å². The van der Waals surface area contributed by atoms with Gasteiger partial charge in [0.05, 0.1) is 4.90 Å². The molecule has 0 radical (unpaired) electrons. The normalized spacial score (nSPS) is 29.0. The van der Waals surface area contributed by atoms with Crippen molar-refractivity contribution in [3.63, 3.8) is 0 Å². The van der Waals surface area contributed by atoms with Crippen LogP contribution in [0.2, 0.25) is 0 Å². The maximum Gasteiger partial charge on any atom is 0.243 e. The minimum absolute atomic E-state index is 0.422. The van der Waals surface area contributed by atoms with Crippen molar-refractivity contribution in [2.24, 2.45) is 11.8 Å². The Labute approximate surface area is 126 Å². The first-order valence-electron chi connectivity index (χ1n) is 7.86. The van der Waals surface area contributed by atoms with E-state index in [1.807, 2.05) is 19.1 Å². The zero-order chi connectivity index (χ0) is 14.6. The number of hydrogen-bond donors (Lipinski definition) is 0. The van der Waals surface area contributed by atoms with Gasteiger partial charge in [0.15, 0.2) is 0 Å². The fraction of sp³-hybridized carbons (Fsp3) is 0.529. The quantitative estimate of drug-likeness (QED) is 0.787. The second-order valence-corrected chi connectivity index (χ2v) is 8.58. The zero-order valence-corrected chi connectivity index (χ0v) is 13.2. The molecule has 2 unspecified atom stereocenters. The van der Waals surface area contributed by atoms with Crippen LogP contribution in [0.3, 0.4) is 0 Å². The first-order valence-corrected chi connectivity index (χ1v) is 9.30. The molecule has 0 N–H and O–H groups in total. The average molecular weight is 303 g/mol. The van der Waals surface area contributed by atoms with E-state index in [0.29, 0.717) is 18.0 Å². The molecule has 0 spiro atoms. The van der Waals surface area contributed by atoms with Gasteiger partial charge in [0, 0.05) is 13.1 Å². The van der Waals surface area contributed by atoms with E-state index in [9.17, 15) is 8.42 Å². The highest BCUT2D eigenvalue weighted by molar-refractivity contribution is 7.89. The van der Waals surface area contributed by atoms with Crippen LogP contribution in [0.15, 0.2) is 40.3 Å². The summed E-state index contributed by atoms with van der Waals surface area (Å²) in [6.07, 6.45) is 5.36. The van der Waals surface area contributed by atoms with Crippen molar-refractivity contribution < 1.29 is 8.42 Å². The lowest BCUT2D eigenvalue weighted by molar-refractivity contribution is 0.389. The van der Waals surface area contributed by atoms with E-state index >= 15 is 0 Å². The molecule has 2 atom stereocenters. The van der Waals surface area contributed by atoms with E-state index < -0.39 is 10.0 Å². The van der Waals surface area contributed by atoms with Crippen molar-refractivity contribution in [2.75, 3.05) is 13.1 Å². The summed E-state index contributed by atoms with van der Waals surface area (Å²) in [5.41, 5.74) is 4.10. The second-order valence-electron chi connectivity index (χ2n) is 6.64. The molecule has 0 bridgehead atoms. The lowest BCUT2D eigenvalue weighted by Crippen LogP contribution is -2.44. The number of allylic oxidation sites excluding steroid dienone is 1. The van der Waals surface area contributed by atoms with Gasteiger partial charge in [-0.1, -0.05) is 36.1 Å². The smallest absolute Gasteiger partial charge is 0.207 e. The van der Waals surface area contributed by atoms with E-state index in [1.165, 1.54) is 31.3 Å². The second kappa shape index (κ2) is 4.68. The van der Waals surface area contributed by atoms with Crippen LogP contribution >= 0.6 is 0 Å². The van der Waals surface area contributed by atoms with Crippen molar-refractivity contribution in [3.05, 3.63) is 41.0 Å². The van der Waals surface area contributed by atoms with Crippen LogP contribution in [0.4, 0.5) is 0 Å². The Morgan fingerprint density at radius 3 is 2.14 bits per heavy atom. The van der Waals surface area contributed by atoms with Crippen LogP contribution in [0.1, 0.15) is 31.2 Å². The van der Waals surface area contributed by atoms with Gasteiger partial charge in [0.2, 0.25) is 10.0 Å². The number of aryl methyl sites for hydroxylation is 1. The van der Waals surface area contributed by atoms with Crippen molar-refractivity contribution >= 4 is 10.0 Å². The maximum atomic E-state index is 12.5. The lowest BCUT2D eigenvalue weighted by Gasteiger charge is -2.33. The highest BCUT2D eigenvalue weighted by Crippen LogP contribution is 2.57. The van der Waals surface area contributed by atoms with Crippen molar-refractivity contribution in [1.82, 2.24) is 4.31 Å². The van der Waals surface area contributed by atoms with Crippen LogP contribution in [0.25, 0.3) is 0 Å². The Bertz CT molecular complexity index is 681. The van der Waals surface area contributed by atoms with E-state index in [0.717, 1.165) is 17.4 Å². The summed E-state index contributed by atoms with van der Waals surface area (Å²) in [6, 6.07) is 7.16. The molecule has 0 aromatic heterocycles. The number of benzene rings is 1. The third-order valence-corrected chi connectivity index (χ3v) is 7.06. The highest BCUT2D eigenvalue weighted by Gasteiger charge is 2.49. The van der Waals surface area contributed by atoms with Crippen molar-refractivity contribution in [3.8, 4) is 0 Å². The van der Waals surface area contributed by atoms with Crippen LogP contribution in [0, 0.1) is 18.8 Å². The predicted molar refractivity (Wildman–Crippen MR) is 82.4 cm³/mol. The van der Waals surface area contributed by atoms with E-state index in [1.54, 1.807) is 22.0 Å². The maximum absolute atomic E-state index is 12.5. The molecule has 4 heteroatoms. The lowest BCUT2D eigenvalue weighted by atomic mass is 10.0. The molecule has 1 aliphatic heterocycles. The SMILES string of the molecule is Cc1ccc(S(=O)(=O)N2CC(=C3C4CCCCC34)C2)cc1. The van der Waals surface area contributed by atoms with Gasteiger partial charge >= 0.3 is 0 Å². The van der Waals surface area contributed by atoms with Crippen LogP contribution in [-0.2, 0) is 10.0 Å². The fourth-order valence-corrected chi connectivity index (χ4v) is 5.37. The predicted octanol–water partition coefficient (Wildman–Crippen LogP) is 3.12. The summed E-state index contributed by atoms with van der Waals surface area (Å²) in [4.78, 5) is 0.422. The summed E-state index contributed by atoms with van der Waals surface area (Å²) in [6.45, 7) is 3.22. The highest BCUT2D eigenvalue weighted by atomic mass is 32.2. The first kappa shape index (κ1) is 13.5. The summed E-state index contributed by atoms with van der Waals surface area (Å²) in [7, 11) is -3.29. The summed E-state index contributed by atoms with van der Waals surface area (Å²) in [5, 5.41) is 0. The minimum atomic E-state index is -3.29. The van der Waals surface area contributed by atoms with Gasteiger partial charge in [-0.2, -0.15) is 4.31 Å². The summed E-state index contributed by atoms with van der Waals surface area (Å²) >= 11 is 0. The Morgan fingerprint density at radius 1 is 1.00 bits per heavy atom. The zero-order valence-electron chi connectivity index (χ0n) is 12.4. The number of sulfonamides is 1. The minimum Gasteiger partial charge on any atom is -0.207 e. The summed E-state index contributed by atoms with van der Waals surface area (Å²) < 4.78 is 26.7. The van der Waals surface area contributed by atoms with Gasteiger partial charge < -0.3 is 0 Å². The van der Waals surface area contributed by atoms with E-state index in [4.69, 9.17) is 0 Å². The van der Waals surface area contributed by atoms with Gasteiger partial charge in [0.25, 0.3) is 0 Å². The Kier molecular flexibility index (Phi) is 3.02. The molecule has 1 heterocycles. The molecular formula is C17H21NO2S. The third-order valence-electron chi connectivity index (χ3n) is 5.26. The van der Waals surface area contributed by atoms with Gasteiger partial charge in [-0.3, -0.25) is 0 Å². The summed E-state index contributed by atoms with van der Waals surface area (Å²) in [5.74, 6) is 1.61. The Hall–Kier alpha value is -1.13. The molecule has 0 amide bonds. The van der Waals surface area contributed by atoms with E-state index in [-0.39, 0.29) is 0 Å². The van der Waals surface area contributed by atoms with Crippen LogP contribution < -0.4 is 0 Å². The number of fused-ring (bicyclic) bond motifs is 1. The molecule has 21 heavy (non-hydrogen) atoms.